The first-order valence-corrected chi connectivity index (χ1v) is 11.6. The van der Waals surface area contributed by atoms with Crippen LogP contribution in [0.1, 0.15) is 39.2 Å². The number of anilines is 2. The van der Waals surface area contributed by atoms with Crippen molar-refractivity contribution in [2.45, 2.75) is 56.9 Å². The molecule has 0 saturated heterocycles. The molecule has 2 aromatic rings. The van der Waals surface area contributed by atoms with Crippen LogP contribution in [-0.2, 0) is 10.2 Å². The third kappa shape index (κ3) is 3.64. The molecule has 0 aliphatic carbocycles. The van der Waals surface area contributed by atoms with Crippen molar-refractivity contribution in [3.05, 3.63) is 70.8 Å². The molecule has 5 rings (SSSR count). The predicted octanol–water partition coefficient (Wildman–Crippen LogP) is 4.66. The lowest BCUT2D eigenvalue weighted by molar-refractivity contribution is -0.120. The summed E-state index contributed by atoms with van der Waals surface area (Å²) >= 11 is 0. The summed E-state index contributed by atoms with van der Waals surface area (Å²) in [6, 6.07) is 8.83. The maximum absolute atomic E-state index is 14.2. The molecule has 1 amide bonds. The summed E-state index contributed by atoms with van der Waals surface area (Å²) in [5, 5.41) is 13.6. The second-order valence-electron chi connectivity index (χ2n) is 9.81. The van der Waals surface area contributed by atoms with Gasteiger partial charge in [-0.3, -0.25) is 4.79 Å². The fourth-order valence-corrected chi connectivity index (χ4v) is 5.49. The number of hydrogen-bond acceptors (Lipinski definition) is 7. The summed E-state index contributed by atoms with van der Waals surface area (Å²) in [6.45, 7) is 5.54. The number of alkyl halides is 3. The van der Waals surface area contributed by atoms with Crippen molar-refractivity contribution >= 4 is 17.5 Å². The molecular formula is C25H26F3N7O. The van der Waals surface area contributed by atoms with Gasteiger partial charge in [0.05, 0.1) is 11.0 Å². The van der Waals surface area contributed by atoms with Crippen LogP contribution in [0.5, 0.6) is 0 Å². The fraction of sp³-hybridized carbons (Fsp3) is 0.400. The highest BCUT2D eigenvalue weighted by molar-refractivity contribution is 6.00. The van der Waals surface area contributed by atoms with Crippen LogP contribution in [0.3, 0.4) is 0 Å². The van der Waals surface area contributed by atoms with E-state index in [1.54, 1.807) is 55.5 Å². The Balaban J connectivity index is 1.77. The molecular weight excluding hydrogens is 471 g/mol. The number of carbonyl (C=O) groups is 1. The summed E-state index contributed by atoms with van der Waals surface area (Å²) in [4.78, 5) is 23.9. The number of hydrogen-bond donors (Lipinski definition) is 2. The minimum Gasteiger partial charge on any atom is -0.362 e. The summed E-state index contributed by atoms with van der Waals surface area (Å²) in [5.74, 6) is 0.0293. The third-order valence-corrected chi connectivity index (χ3v) is 6.98. The SMILES string of the molecule is CC[C@]1(c2cccc(N(C)c3ncccn3)c2)C2=C(CC(C)(C)NC2=O)NC2N=NC(C(F)(F)F)=C21. The molecule has 0 fully saturated rings. The number of nitrogens with zero attached hydrogens (tertiary/aromatic N) is 5. The standard InChI is InChI=1S/C25H26F3N7O/c1-5-24(14-8-6-9-15(12-14)35(4)22-29-10-7-11-30-22)17-16(13-23(2,3)32-21(17)36)31-20-18(24)19(33-34-20)25(26,27)28/h6-12,20,31H,5,13H2,1-4H3,(H,32,36)/t20?,24-/m0/s1. The van der Waals surface area contributed by atoms with Crippen molar-refractivity contribution in [2.75, 3.05) is 11.9 Å². The second kappa shape index (κ2) is 8.14. The van der Waals surface area contributed by atoms with E-state index < -0.39 is 34.9 Å². The van der Waals surface area contributed by atoms with E-state index in [0.29, 0.717) is 29.3 Å². The van der Waals surface area contributed by atoms with Gasteiger partial charge in [0.2, 0.25) is 5.95 Å². The lowest BCUT2D eigenvalue weighted by Gasteiger charge is -2.48. The molecule has 1 unspecified atom stereocenters. The highest BCUT2D eigenvalue weighted by Gasteiger charge is 2.57. The Hall–Kier alpha value is -3.76. The van der Waals surface area contributed by atoms with Gasteiger partial charge in [-0.1, -0.05) is 19.1 Å². The molecule has 188 valence electrons. The van der Waals surface area contributed by atoms with E-state index in [1.807, 2.05) is 19.9 Å². The van der Waals surface area contributed by atoms with E-state index in [2.05, 4.69) is 30.8 Å². The Labute approximate surface area is 206 Å². The first-order chi connectivity index (χ1) is 17.0. The monoisotopic (exact) mass is 497 g/mol. The number of allylic oxidation sites excluding steroid dienone is 1. The van der Waals surface area contributed by atoms with Crippen LogP contribution in [0, 0.1) is 0 Å². The van der Waals surface area contributed by atoms with Crippen LogP contribution in [0.2, 0.25) is 0 Å². The maximum atomic E-state index is 14.2. The Morgan fingerprint density at radius 2 is 1.89 bits per heavy atom. The van der Waals surface area contributed by atoms with Gasteiger partial charge in [0.1, 0.15) is 0 Å². The molecule has 36 heavy (non-hydrogen) atoms. The van der Waals surface area contributed by atoms with E-state index >= 15 is 0 Å². The smallest absolute Gasteiger partial charge is 0.362 e. The number of aromatic nitrogens is 2. The zero-order valence-corrected chi connectivity index (χ0v) is 20.3. The summed E-state index contributed by atoms with van der Waals surface area (Å²) < 4.78 is 42.7. The molecule has 0 bridgehead atoms. The topological polar surface area (TPSA) is 94.9 Å². The van der Waals surface area contributed by atoms with E-state index in [-0.39, 0.29) is 17.6 Å². The van der Waals surface area contributed by atoms with Gasteiger partial charge >= 0.3 is 6.18 Å². The van der Waals surface area contributed by atoms with Crippen LogP contribution in [-0.4, -0.2) is 40.8 Å². The van der Waals surface area contributed by atoms with Crippen molar-refractivity contribution in [3.8, 4) is 0 Å². The Kier molecular flexibility index (Phi) is 5.42. The number of nitrogens with one attached hydrogen (secondary N) is 2. The lowest BCUT2D eigenvalue weighted by Crippen LogP contribution is -2.58. The number of rotatable bonds is 4. The van der Waals surface area contributed by atoms with Crippen molar-refractivity contribution in [3.63, 3.8) is 0 Å². The number of halogens is 3. The summed E-state index contributed by atoms with van der Waals surface area (Å²) in [7, 11) is 1.78. The van der Waals surface area contributed by atoms with Crippen molar-refractivity contribution < 1.29 is 18.0 Å². The molecule has 0 spiro atoms. The van der Waals surface area contributed by atoms with Gasteiger partial charge in [0, 0.05) is 48.4 Å². The number of amides is 1. The molecule has 0 radical (unpaired) electrons. The number of benzene rings is 1. The molecule has 1 aromatic heterocycles. The van der Waals surface area contributed by atoms with Crippen molar-refractivity contribution in [1.82, 2.24) is 20.6 Å². The van der Waals surface area contributed by atoms with Gasteiger partial charge in [0.25, 0.3) is 5.91 Å². The molecule has 2 N–H and O–H groups in total. The number of fused-ring (bicyclic) bond motifs is 1. The average molecular weight is 498 g/mol. The van der Waals surface area contributed by atoms with Gasteiger partial charge < -0.3 is 15.5 Å². The average Bonchev–Trinajstić information content (AvgIpc) is 3.27. The van der Waals surface area contributed by atoms with Gasteiger partial charge in [0.15, 0.2) is 11.9 Å². The van der Waals surface area contributed by atoms with E-state index in [4.69, 9.17) is 0 Å². The minimum absolute atomic E-state index is 0.0538. The highest BCUT2D eigenvalue weighted by Crippen LogP contribution is 2.55. The van der Waals surface area contributed by atoms with Crippen molar-refractivity contribution in [2.24, 2.45) is 10.2 Å². The number of azo groups is 1. The highest BCUT2D eigenvalue weighted by atomic mass is 19.4. The van der Waals surface area contributed by atoms with Crippen molar-refractivity contribution in [1.29, 1.82) is 0 Å². The normalized spacial score (nSPS) is 24.8. The first kappa shape index (κ1) is 24.0. The quantitative estimate of drug-likeness (QED) is 0.641. The van der Waals surface area contributed by atoms with E-state index in [0.717, 1.165) is 0 Å². The van der Waals surface area contributed by atoms with Crippen LogP contribution in [0.4, 0.5) is 24.8 Å². The molecule has 3 aliphatic rings. The van der Waals surface area contributed by atoms with Crippen LogP contribution >= 0.6 is 0 Å². The minimum atomic E-state index is -4.73. The van der Waals surface area contributed by atoms with Gasteiger partial charge in [-0.25, -0.2) is 9.97 Å². The molecule has 2 atom stereocenters. The van der Waals surface area contributed by atoms with Crippen LogP contribution in [0.15, 0.2) is 75.5 Å². The third-order valence-electron chi connectivity index (χ3n) is 6.98. The molecule has 8 nitrogen and oxygen atoms in total. The van der Waals surface area contributed by atoms with E-state index in [9.17, 15) is 18.0 Å². The largest absolute Gasteiger partial charge is 0.435 e. The Bertz CT molecular complexity index is 1320. The summed E-state index contributed by atoms with van der Waals surface area (Å²) in [5.41, 5.74) is -0.997. The molecule has 0 saturated carbocycles. The zero-order valence-electron chi connectivity index (χ0n) is 20.3. The molecule has 4 heterocycles. The Morgan fingerprint density at radius 3 is 2.56 bits per heavy atom. The van der Waals surface area contributed by atoms with Gasteiger partial charge in [-0.05, 0) is 44.0 Å². The van der Waals surface area contributed by atoms with E-state index in [1.165, 1.54) is 0 Å². The second-order valence-corrected chi connectivity index (χ2v) is 9.81. The summed E-state index contributed by atoms with van der Waals surface area (Å²) in [6.07, 6.45) is -1.90. The predicted molar refractivity (Wildman–Crippen MR) is 127 cm³/mol. The van der Waals surface area contributed by atoms with Crippen LogP contribution in [0.25, 0.3) is 0 Å². The van der Waals surface area contributed by atoms with Crippen LogP contribution < -0.4 is 15.5 Å². The van der Waals surface area contributed by atoms with Gasteiger partial charge in [-0.15, -0.1) is 5.11 Å². The Morgan fingerprint density at radius 1 is 1.17 bits per heavy atom. The molecule has 11 heteroatoms. The first-order valence-electron chi connectivity index (χ1n) is 11.6. The fourth-order valence-electron chi connectivity index (χ4n) is 5.49. The molecule has 1 aromatic carbocycles. The number of carbonyl (C=O) groups excluding carboxylic acids is 1. The van der Waals surface area contributed by atoms with Gasteiger partial charge in [-0.2, -0.15) is 18.3 Å². The maximum Gasteiger partial charge on any atom is 0.435 e. The lowest BCUT2D eigenvalue weighted by atomic mass is 9.61. The molecule has 3 aliphatic heterocycles. The zero-order chi connectivity index (χ0) is 25.9.